The highest BCUT2D eigenvalue weighted by molar-refractivity contribution is 9.10. The van der Waals surface area contributed by atoms with Gasteiger partial charge in [-0.3, -0.25) is 4.79 Å². The number of aryl methyl sites for hydroxylation is 1. The van der Waals surface area contributed by atoms with Crippen LogP contribution < -0.4 is 5.43 Å². The van der Waals surface area contributed by atoms with Crippen molar-refractivity contribution < 1.29 is 4.79 Å². The van der Waals surface area contributed by atoms with E-state index < -0.39 is 0 Å². The van der Waals surface area contributed by atoms with Crippen molar-refractivity contribution in [1.29, 1.82) is 0 Å². The van der Waals surface area contributed by atoms with E-state index in [0.717, 1.165) is 28.6 Å². The average Bonchev–Trinajstić information content (AvgIpc) is 2.88. The molecular formula is C16H13BrN2O. The Kier molecular flexibility index (Phi) is 3.65. The lowest BCUT2D eigenvalue weighted by Gasteiger charge is -2.04. The standard InChI is InChI=1S/C16H13BrN2O/c17-14-8-4-3-7-13(14)16(20)19-18-15-10-9-11-5-1-2-6-12(11)15/h1-8H,9-10H2,(H,19,20)/b18-15-. The van der Waals surface area contributed by atoms with Gasteiger partial charge in [-0.25, -0.2) is 5.43 Å². The first-order chi connectivity index (χ1) is 9.75. The number of carbonyl (C=O) groups excluding carboxylic acids is 1. The zero-order chi connectivity index (χ0) is 13.9. The average molecular weight is 329 g/mol. The Morgan fingerprint density at radius 2 is 1.80 bits per heavy atom. The molecule has 0 fully saturated rings. The van der Waals surface area contributed by atoms with Gasteiger partial charge in [-0.1, -0.05) is 36.4 Å². The molecule has 1 aliphatic rings. The number of carbonyl (C=O) groups is 1. The smallest absolute Gasteiger partial charge is 0.267 e. The lowest BCUT2D eigenvalue weighted by Crippen LogP contribution is -2.19. The summed E-state index contributed by atoms with van der Waals surface area (Å²) in [6, 6.07) is 15.5. The van der Waals surface area contributed by atoms with Crippen LogP contribution in [0.15, 0.2) is 58.1 Å². The van der Waals surface area contributed by atoms with Crippen LogP contribution in [-0.2, 0) is 6.42 Å². The lowest BCUT2D eigenvalue weighted by molar-refractivity contribution is 0.0954. The van der Waals surface area contributed by atoms with E-state index in [2.05, 4.69) is 32.5 Å². The van der Waals surface area contributed by atoms with Crippen molar-refractivity contribution >= 4 is 27.5 Å². The molecule has 0 radical (unpaired) electrons. The molecule has 3 rings (SSSR count). The first kappa shape index (κ1) is 13.1. The summed E-state index contributed by atoms with van der Waals surface area (Å²) in [5.74, 6) is -0.200. The highest BCUT2D eigenvalue weighted by atomic mass is 79.9. The summed E-state index contributed by atoms with van der Waals surface area (Å²) < 4.78 is 0.768. The summed E-state index contributed by atoms with van der Waals surface area (Å²) in [5, 5.41) is 4.28. The van der Waals surface area contributed by atoms with Gasteiger partial charge < -0.3 is 0 Å². The summed E-state index contributed by atoms with van der Waals surface area (Å²) in [4.78, 5) is 12.1. The van der Waals surface area contributed by atoms with Crippen LogP contribution in [0.2, 0.25) is 0 Å². The van der Waals surface area contributed by atoms with E-state index in [0.29, 0.717) is 5.56 Å². The quantitative estimate of drug-likeness (QED) is 0.842. The molecule has 0 aliphatic heterocycles. The van der Waals surface area contributed by atoms with Gasteiger partial charge in [0, 0.05) is 10.0 Å². The molecule has 1 amide bonds. The molecule has 20 heavy (non-hydrogen) atoms. The van der Waals surface area contributed by atoms with Crippen LogP contribution in [-0.4, -0.2) is 11.6 Å². The summed E-state index contributed by atoms with van der Waals surface area (Å²) in [6.07, 6.45) is 1.86. The van der Waals surface area contributed by atoms with E-state index in [1.807, 2.05) is 36.4 Å². The Balaban J connectivity index is 1.79. The predicted molar refractivity (Wildman–Crippen MR) is 82.9 cm³/mol. The Hall–Kier alpha value is -1.94. The van der Waals surface area contributed by atoms with Crippen molar-refractivity contribution in [1.82, 2.24) is 5.43 Å². The molecule has 2 aromatic carbocycles. The van der Waals surface area contributed by atoms with Crippen LogP contribution in [0.4, 0.5) is 0 Å². The Bertz CT molecular complexity index is 694. The van der Waals surface area contributed by atoms with Gasteiger partial charge in [0.25, 0.3) is 5.91 Å². The molecule has 1 N–H and O–H groups in total. The summed E-state index contributed by atoms with van der Waals surface area (Å²) >= 11 is 3.37. The minimum Gasteiger partial charge on any atom is -0.267 e. The molecule has 0 unspecified atom stereocenters. The number of nitrogens with zero attached hydrogens (tertiary/aromatic N) is 1. The summed E-state index contributed by atoms with van der Waals surface area (Å²) in [7, 11) is 0. The Morgan fingerprint density at radius 1 is 1.05 bits per heavy atom. The number of hydrogen-bond acceptors (Lipinski definition) is 2. The van der Waals surface area contributed by atoms with E-state index in [1.165, 1.54) is 5.56 Å². The zero-order valence-corrected chi connectivity index (χ0v) is 12.4. The second-order valence-corrected chi connectivity index (χ2v) is 5.49. The number of amides is 1. The van der Waals surface area contributed by atoms with Gasteiger partial charge in [0.15, 0.2) is 0 Å². The van der Waals surface area contributed by atoms with Gasteiger partial charge in [-0.2, -0.15) is 5.10 Å². The maximum absolute atomic E-state index is 12.1. The van der Waals surface area contributed by atoms with Crippen molar-refractivity contribution in [2.24, 2.45) is 5.10 Å². The van der Waals surface area contributed by atoms with Crippen LogP contribution in [0.5, 0.6) is 0 Å². The third-order valence-electron chi connectivity index (χ3n) is 3.37. The van der Waals surface area contributed by atoms with E-state index in [-0.39, 0.29) is 5.91 Å². The van der Waals surface area contributed by atoms with Gasteiger partial charge in [-0.05, 0) is 46.5 Å². The van der Waals surface area contributed by atoms with Gasteiger partial charge in [0.2, 0.25) is 0 Å². The number of fused-ring (bicyclic) bond motifs is 1. The molecule has 0 bridgehead atoms. The molecule has 1 aliphatic carbocycles. The first-order valence-corrected chi connectivity index (χ1v) is 7.25. The number of nitrogens with one attached hydrogen (secondary N) is 1. The number of rotatable bonds is 2. The van der Waals surface area contributed by atoms with Gasteiger partial charge >= 0.3 is 0 Å². The largest absolute Gasteiger partial charge is 0.272 e. The fourth-order valence-corrected chi connectivity index (χ4v) is 2.81. The number of hydrogen-bond donors (Lipinski definition) is 1. The molecule has 3 nitrogen and oxygen atoms in total. The van der Waals surface area contributed by atoms with Gasteiger partial charge in [0.05, 0.1) is 11.3 Å². The van der Waals surface area contributed by atoms with Crippen LogP contribution in [0.25, 0.3) is 0 Å². The monoisotopic (exact) mass is 328 g/mol. The van der Waals surface area contributed by atoms with Crippen molar-refractivity contribution in [3.05, 3.63) is 69.7 Å². The van der Waals surface area contributed by atoms with E-state index >= 15 is 0 Å². The molecule has 0 atom stereocenters. The molecule has 2 aromatic rings. The predicted octanol–water partition coefficient (Wildman–Crippen LogP) is 3.53. The second-order valence-electron chi connectivity index (χ2n) is 4.64. The first-order valence-electron chi connectivity index (χ1n) is 6.45. The SMILES string of the molecule is O=C(N/N=C1/CCc2ccccc21)c1ccccc1Br. The fraction of sp³-hybridized carbons (Fsp3) is 0.125. The van der Waals surface area contributed by atoms with Crippen LogP contribution in [0.1, 0.15) is 27.9 Å². The van der Waals surface area contributed by atoms with Gasteiger partial charge in [-0.15, -0.1) is 0 Å². The minimum atomic E-state index is -0.200. The molecule has 0 saturated heterocycles. The molecule has 100 valence electrons. The number of benzene rings is 2. The van der Waals surface area contributed by atoms with Crippen molar-refractivity contribution in [2.45, 2.75) is 12.8 Å². The van der Waals surface area contributed by atoms with Crippen LogP contribution in [0.3, 0.4) is 0 Å². The zero-order valence-electron chi connectivity index (χ0n) is 10.8. The third-order valence-corrected chi connectivity index (χ3v) is 4.06. The number of halogens is 1. The van der Waals surface area contributed by atoms with Crippen LogP contribution in [0, 0.1) is 0 Å². The van der Waals surface area contributed by atoms with Crippen molar-refractivity contribution in [3.8, 4) is 0 Å². The molecule has 4 heteroatoms. The van der Waals surface area contributed by atoms with E-state index in [9.17, 15) is 4.79 Å². The third kappa shape index (κ3) is 2.51. The molecule has 0 spiro atoms. The summed E-state index contributed by atoms with van der Waals surface area (Å²) in [6.45, 7) is 0. The van der Waals surface area contributed by atoms with Gasteiger partial charge in [0.1, 0.15) is 0 Å². The highest BCUT2D eigenvalue weighted by Gasteiger charge is 2.17. The Labute approximate surface area is 125 Å². The Morgan fingerprint density at radius 3 is 2.65 bits per heavy atom. The lowest BCUT2D eigenvalue weighted by atomic mass is 10.1. The molecule has 0 heterocycles. The van der Waals surface area contributed by atoms with E-state index in [1.54, 1.807) is 6.07 Å². The molecular weight excluding hydrogens is 316 g/mol. The fourth-order valence-electron chi connectivity index (χ4n) is 2.35. The maximum Gasteiger partial charge on any atom is 0.272 e. The van der Waals surface area contributed by atoms with Crippen molar-refractivity contribution in [2.75, 3.05) is 0 Å². The minimum absolute atomic E-state index is 0.200. The molecule has 0 saturated carbocycles. The van der Waals surface area contributed by atoms with Crippen LogP contribution >= 0.6 is 15.9 Å². The normalized spacial score (nSPS) is 15.2. The maximum atomic E-state index is 12.1. The summed E-state index contributed by atoms with van der Waals surface area (Å²) in [5.41, 5.74) is 6.61. The molecule has 0 aromatic heterocycles. The highest BCUT2D eigenvalue weighted by Crippen LogP contribution is 2.22. The second kappa shape index (κ2) is 5.59. The topological polar surface area (TPSA) is 41.5 Å². The van der Waals surface area contributed by atoms with E-state index in [4.69, 9.17) is 0 Å². The number of hydrazone groups is 1. The van der Waals surface area contributed by atoms with Crippen molar-refractivity contribution in [3.63, 3.8) is 0 Å².